The van der Waals surface area contributed by atoms with Crippen molar-refractivity contribution in [3.05, 3.63) is 42.0 Å². The van der Waals surface area contributed by atoms with E-state index in [1.165, 1.54) is 18.3 Å². The van der Waals surface area contributed by atoms with Gasteiger partial charge in [0.15, 0.2) is 5.82 Å². The van der Waals surface area contributed by atoms with Gasteiger partial charge in [-0.25, -0.2) is 4.98 Å². The lowest BCUT2D eigenvalue weighted by Gasteiger charge is -2.26. The molecule has 92 valence electrons. The summed E-state index contributed by atoms with van der Waals surface area (Å²) in [7, 11) is 0. The van der Waals surface area contributed by atoms with Crippen LogP contribution >= 0.6 is 0 Å². The second kappa shape index (κ2) is 4.17. The number of carbonyl (C=O) groups excluding carboxylic acids is 1. The number of fused-ring (bicyclic) bond motifs is 1. The molecule has 7 heteroatoms. The van der Waals surface area contributed by atoms with Gasteiger partial charge in [-0.3, -0.25) is 4.79 Å². The van der Waals surface area contributed by atoms with Crippen LogP contribution in [0, 0.1) is 5.95 Å². The van der Waals surface area contributed by atoms with Gasteiger partial charge in [-0.05, 0) is 12.1 Å². The number of carbonyl (C=O) groups is 1. The molecule has 0 N–H and O–H groups in total. The minimum atomic E-state index is -0.593. The Morgan fingerprint density at radius 3 is 3.00 bits per heavy atom. The molecule has 0 fully saturated rings. The molecule has 1 aliphatic rings. The van der Waals surface area contributed by atoms with Crippen LogP contribution in [0.5, 0.6) is 0 Å². The lowest BCUT2D eigenvalue weighted by molar-refractivity contribution is 0.0707. The van der Waals surface area contributed by atoms with Gasteiger partial charge < -0.3 is 9.47 Å². The van der Waals surface area contributed by atoms with Crippen LogP contribution in [0.3, 0.4) is 0 Å². The lowest BCUT2D eigenvalue weighted by Crippen LogP contribution is -2.38. The first-order valence-corrected chi connectivity index (χ1v) is 5.51. The standard InChI is InChI=1S/C11H10FN5O/c12-9-2-1-8(5-13-9)11(18)16-3-4-17-7-14-15-10(17)6-16/h1-2,5,7H,3-4,6H2. The maximum absolute atomic E-state index is 12.7. The second-order valence-electron chi connectivity index (χ2n) is 4.04. The van der Waals surface area contributed by atoms with Gasteiger partial charge in [-0.15, -0.1) is 10.2 Å². The summed E-state index contributed by atoms with van der Waals surface area (Å²) in [6.07, 6.45) is 2.90. The first-order chi connectivity index (χ1) is 8.74. The van der Waals surface area contributed by atoms with Crippen molar-refractivity contribution in [1.82, 2.24) is 24.6 Å². The number of rotatable bonds is 1. The molecule has 1 aliphatic heterocycles. The third kappa shape index (κ3) is 1.83. The van der Waals surface area contributed by atoms with Crippen molar-refractivity contribution >= 4 is 5.91 Å². The maximum atomic E-state index is 12.7. The Balaban J connectivity index is 1.80. The van der Waals surface area contributed by atoms with Gasteiger partial charge in [-0.2, -0.15) is 4.39 Å². The fourth-order valence-corrected chi connectivity index (χ4v) is 1.92. The van der Waals surface area contributed by atoms with Gasteiger partial charge in [0.05, 0.1) is 12.1 Å². The van der Waals surface area contributed by atoms with E-state index in [0.717, 1.165) is 5.82 Å². The molecule has 0 unspecified atom stereocenters. The van der Waals surface area contributed by atoms with E-state index in [-0.39, 0.29) is 5.91 Å². The predicted molar refractivity (Wildman–Crippen MR) is 59.0 cm³/mol. The monoisotopic (exact) mass is 247 g/mol. The van der Waals surface area contributed by atoms with E-state index < -0.39 is 5.95 Å². The molecule has 0 spiro atoms. The fourth-order valence-electron chi connectivity index (χ4n) is 1.92. The van der Waals surface area contributed by atoms with Crippen LogP contribution in [0.15, 0.2) is 24.7 Å². The summed E-state index contributed by atoms with van der Waals surface area (Å²) in [4.78, 5) is 17.3. The van der Waals surface area contributed by atoms with Gasteiger partial charge in [0.1, 0.15) is 6.33 Å². The highest BCUT2D eigenvalue weighted by molar-refractivity contribution is 5.93. The van der Waals surface area contributed by atoms with Crippen LogP contribution < -0.4 is 0 Å². The summed E-state index contributed by atoms with van der Waals surface area (Å²) in [6.45, 7) is 1.67. The third-order valence-electron chi connectivity index (χ3n) is 2.90. The van der Waals surface area contributed by atoms with E-state index in [1.807, 2.05) is 4.57 Å². The van der Waals surface area contributed by atoms with E-state index in [2.05, 4.69) is 15.2 Å². The van der Waals surface area contributed by atoms with Crippen LogP contribution in [-0.2, 0) is 13.1 Å². The second-order valence-corrected chi connectivity index (χ2v) is 4.04. The first-order valence-electron chi connectivity index (χ1n) is 5.51. The molecule has 2 aromatic rings. The molecule has 0 bridgehead atoms. The van der Waals surface area contributed by atoms with Crippen molar-refractivity contribution in [3.8, 4) is 0 Å². The van der Waals surface area contributed by atoms with Crippen molar-refractivity contribution in [3.63, 3.8) is 0 Å². The SMILES string of the molecule is O=C(c1ccc(F)nc1)N1CCn2cnnc2C1. The molecular weight excluding hydrogens is 237 g/mol. The summed E-state index contributed by atoms with van der Waals surface area (Å²) < 4.78 is 14.6. The molecule has 0 aromatic carbocycles. The molecule has 0 radical (unpaired) electrons. The topological polar surface area (TPSA) is 63.9 Å². The molecule has 3 rings (SSSR count). The molecule has 6 nitrogen and oxygen atoms in total. The van der Waals surface area contributed by atoms with Gasteiger partial charge >= 0.3 is 0 Å². The minimum Gasteiger partial charge on any atom is -0.329 e. The molecule has 3 heterocycles. The predicted octanol–water partition coefficient (Wildman–Crippen LogP) is 0.468. The average molecular weight is 247 g/mol. The summed E-state index contributed by atoms with van der Waals surface area (Å²) in [5.74, 6) is -0.00800. The molecule has 2 aromatic heterocycles. The van der Waals surface area contributed by atoms with E-state index in [0.29, 0.717) is 25.2 Å². The minimum absolute atomic E-state index is 0.170. The highest BCUT2D eigenvalue weighted by Crippen LogP contribution is 2.12. The summed E-state index contributed by atoms with van der Waals surface area (Å²) in [6, 6.07) is 2.61. The number of hydrogen-bond acceptors (Lipinski definition) is 4. The maximum Gasteiger partial charge on any atom is 0.255 e. The number of nitrogens with zero attached hydrogens (tertiary/aromatic N) is 5. The Labute approximate surface area is 102 Å². The Hall–Kier alpha value is -2.31. The normalized spacial score (nSPS) is 14.4. The first kappa shape index (κ1) is 10.8. The van der Waals surface area contributed by atoms with Gasteiger partial charge in [0.25, 0.3) is 5.91 Å². The van der Waals surface area contributed by atoms with E-state index in [1.54, 1.807) is 11.2 Å². The Bertz CT molecular complexity index is 579. The molecule has 0 atom stereocenters. The van der Waals surface area contributed by atoms with Crippen molar-refractivity contribution < 1.29 is 9.18 Å². The van der Waals surface area contributed by atoms with Gasteiger partial charge in [0.2, 0.25) is 5.95 Å². The third-order valence-corrected chi connectivity index (χ3v) is 2.90. The number of hydrogen-bond donors (Lipinski definition) is 0. The van der Waals surface area contributed by atoms with Crippen LogP contribution in [0.2, 0.25) is 0 Å². The molecule has 0 saturated heterocycles. The van der Waals surface area contributed by atoms with Crippen LogP contribution in [0.1, 0.15) is 16.2 Å². The fraction of sp³-hybridized carbons (Fsp3) is 0.273. The number of amides is 1. The number of aromatic nitrogens is 4. The molecule has 1 amide bonds. The molecular formula is C11H10FN5O. The molecule has 0 saturated carbocycles. The largest absolute Gasteiger partial charge is 0.329 e. The highest BCUT2D eigenvalue weighted by atomic mass is 19.1. The summed E-state index contributed by atoms with van der Waals surface area (Å²) in [5.41, 5.74) is 0.379. The highest BCUT2D eigenvalue weighted by Gasteiger charge is 2.22. The zero-order chi connectivity index (χ0) is 12.5. The average Bonchev–Trinajstić information content (AvgIpc) is 2.86. The van der Waals surface area contributed by atoms with Crippen LogP contribution in [0.4, 0.5) is 4.39 Å². The smallest absolute Gasteiger partial charge is 0.255 e. The van der Waals surface area contributed by atoms with E-state index >= 15 is 0 Å². The van der Waals surface area contributed by atoms with Gasteiger partial charge in [0, 0.05) is 19.3 Å². The summed E-state index contributed by atoms with van der Waals surface area (Å²) in [5, 5.41) is 7.74. The number of pyridine rings is 1. The Kier molecular flexibility index (Phi) is 2.51. The zero-order valence-corrected chi connectivity index (χ0v) is 9.45. The quantitative estimate of drug-likeness (QED) is 0.687. The van der Waals surface area contributed by atoms with Crippen molar-refractivity contribution in [1.29, 1.82) is 0 Å². The Morgan fingerprint density at radius 2 is 2.22 bits per heavy atom. The van der Waals surface area contributed by atoms with Crippen molar-refractivity contribution in [2.75, 3.05) is 6.54 Å². The molecule has 0 aliphatic carbocycles. The lowest BCUT2D eigenvalue weighted by atomic mass is 10.2. The summed E-state index contributed by atoms with van der Waals surface area (Å²) >= 11 is 0. The van der Waals surface area contributed by atoms with Crippen molar-refractivity contribution in [2.24, 2.45) is 0 Å². The van der Waals surface area contributed by atoms with Crippen molar-refractivity contribution in [2.45, 2.75) is 13.1 Å². The van der Waals surface area contributed by atoms with E-state index in [4.69, 9.17) is 0 Å². The van der Waals surface area contributed by atoms with E-state index in [9.17, 15) is 9.18 Å². The van der Waals surface area contributed by atoms with Crippen LogP contribution in [-0.4, -0.2) is 37.1 Å². The molecule has 18 heavy (non-hydrogen) atoms. The Morgan fingerprint density at radius 1 is 1.33 bits per heavy atom. The number of halogens is 1. The van der Waals surface area contributed by atoms with Gasteiger partial charge in [-0.1, -0.05) is 0 Å². The van der Waals surface area contributed by atoms with Crippen LogP contribution in [0.25, 0.3) is 0 Å². The zero-order valence-electron chi connectivity index (χ0n) is 9.45.